The second kappa shape index (κ2) is 9.80. The molecule has 0 aliphatic heterocycles. The highest BCUT2D eigenvalue weighted by Crippen LogP contribution is 2.30. The number of carbonyl (C=O) groups is 1. The van der Waals surface area contributed by atoms with Crippen molar-refractivity contribution in [3.05, 3.63) is 65.2 Å². The number of rotatable bonds is 7. The number of aromatic nitrogens is 4. The molecule has 0 radical (unpaired) electrons. The molecule has 1 aliphatic rings. The molecule has 1 amide bonds. The molecule has 0 saturated heterocycles. The highest BCUT2D eigenvalue weighted by molar-refractivity contribution is 5.97. The third-order valence-electron chi connectivity index (χ3n) is 6.38. The molecule has 0 bridgehead atoms. The van der Waals surface area contributed by atoms with Crippen LogP contribution in [0.5, 0.6) is 11.6 Å². The number of fused-ring (bicyclic) bond motifs is 1. The number of nitrogens with zero attached hydrogens (tertiary/aromatic N) is 4. The van der Waals surface area contributed by atoms with Gasteiger partial charge >= 0.3 is 0 Å². The number of amides is 1. The number of nitrogen functional groups attached to an aromatic ring is 1. The van der Waals surface area contributed by atoms with Crippen LogP contribution in [0.15, 0.2) is 42.6 Å². The molecule has 3 heterocycles. The van der Waals surface area contributed by atoms with Crippen LogP contribution in [0.3, 0.4) is 0 Å². The molecular formula is C26H27FN6O3. The van der Waals surface area contributed by atoms with E-state index in [9.17, 15) is 9.18 Å². The second-order valence-corrected chi connectivity index (χ2v) is 8.79. The lowest BCUT2D eigenvalue weighted by Gasteiger charge is -2.18. The van der Waals surface area contributed by atoms with Gasteiger partial charge < -0.3 is 20.5 Å². The molecule has 9 nitrogen and oxygen atoms in total. The van der Waals surface area contributed by atoms with Crippen molar-refractivity contribution in [2.75, 3.05) is 12.8 Å². The summed E-state index contributed by atoms with van der Waals surface area (Å²) in [4.78, 5) is 21.9. The summed E-state index contributed by atoms with van der Waals surface area (Å²) in [5.74, 6) is -0.0682. The van der Waals surface area contributed by atoms with Crippen molar-refractivity contribution < 1.29 is 18.7 Å². The number of carbonyl (C=O) groups excluding carboxylic acids is 1. The Bertz CT molecular complexity index is 1430. The number of hydrogen-bond donors (Lipinski definition) is 2. The number of halogens is 1. The minimum atomic E-state index is -0.441. The summed E-state index contributed by atoms with van der Waals surface area (Å²) in [7, 11) is 1.45. The van der Waals surface area contributed by atoms with Crippen LogP contribution in [-0.2, 0) is 6.54 Å². The maximum absolute atomic E-state index is 14.7. The number of aryl methyl sites for hydroxylation is 1. The van der Waals surface area contributed by atoms with E-state index in [-0.39, 0.29) is 30.0 Å². The number of hydrogen-bond acceptors (Lipinski definition) is 7. The first-order valence-corrected chi connectivity index (χ1v) is 11.8. The number of methoxy groups -OCH3 is 1. The fraction of sp³-hybridized carbons (Fsp3) is 0.308. The van der Waals surface area contributed by atoms with E-state index in [2.05, 4.69) is 20.4 Å². The van der Waals surface area contributed by atoms with Gasteiger partial charge in [-0.3, -0.25) is 4.79 Å². The highest BCUT2D eigenvalue weighted by Gasteiger charge is 2.22. The number of ether oxygens (including phenoxy) is 2. The van der Waals surface area contributed by atoms with Crippen molar-refractivity contribution in [1.82, 2.24) is 24.9 Å². The molecule has 1 saturated carbocycles. The van der Waals surface area contributed by atoms with Crippen LogP contribution >= 0.6 is 0 Å². The van der Waals surface area contributed by atoms with Crippen molar-refractivity contribution in [2.24, 2.45) is 0 Å². The van der Waals surface area contributed by atoms with Gasteiger partial charge in [0.1, 0.15) is 17.1 Å². The monoisotopic (exact) mass is 490 g/mol. The van der Waals surface area contributed by atoms with Crippen molar-refractivity contribution in [3.63, 3.8) is 0 Å². The Hall–Kier alpha value is -4.21. The van der Waals surface area contributed by atoms with Gasteiger partial charge in [-0.25, -0.2) is 13.9 Å². The number of pyridine rings is 2. The Morgan fingerprint density at radius 2 is 2.03 bits per heavy atom. The summed E-state index contributed by atoms with van der Waals surface area (Å²) in [5.41, 5.74) is 8.99. The largest absolute Gasteiger partial charge is 0.490 e. The van der Waals surface area contributed by atoms with Gasteiger partial charge in [0.2, 0.25) is 11.8 Å². The number of nitrogens with one attached hydrogen (secondary N) is 1. The van der Waals surface area contributed by atoms with Gasteiger partial charge in [0.25, 0.3) is 5.91 Å². The molecule has 1 aromatic carbocycles. The molecule has 0 unspecified atom stereocenters. The van der Waals surface area contributed by atoms with Crippen molar-refractivity contribution in [2.45, 2.75) is 45.3 Å². The molecule has 10 heteroatoms. The fourth-order valence-electron chi connectivity index (χ4n) is 4.53. The van der Waals surface area contributed by atoms with Crippen LogP contribution in [0.4, 0.5) is 10.3 Å². The topological polar surface area (TPSA) is 117 Å². The standard InChI is InChI=1S/C26H27FN6O3/c1-15-18(16-10-11-33-23(12-16)31-26(28)32-33)13-19(25(30-15)35-2)24(34)29-14-20-21(27)8-5-9-22(20)36-17-6-3-4-7-17/h5,8-13,17H,3-4,6-7,14H2,1-2H3,(H2,28,32)(H,29,34). The lowest BCUT2D eigenvalue weighted by atomic mass is 10.0. The maximum Gasteiger partial charge on any atom is 0.257 e. The first-order chi connectivity index (χ1) is 17.4. The van der Waals surface area contributed by atoms with Crippen molar-refractivity contribution >= 4 is 17.5 Å². The summed E-state index contributed by atoms with van der Waals surface area (Å²) >= 11 is 0. The molecular weight excluding hydrogens is 463 g/mol. The van der Waals surface area contributed by atoms with Crippen molar-refractivity contribution in [1.29, 1.82) is 0 Å². The van der Waals surface area contributed by atoms with E-state index >= 15 is 0 Å². The van der Waals surface area contributed by atoms with E-state index < -0.39 is 11.7 Å². The van der Waals surface area contributed by atoms with Crippen LogP contribution in [0.1, 0.15) is 47.3 Å². The molecule has 36 heavy (non-hydrogen) atoms. The Balaban J connectivity index is 1.42. The summed E-state index contributed by atoms with van der Waals surface area (Å²) in [5, 5.41) is 6.89. The normalized spacial score (nSPS) is 13.8. The van der Waals surface area contributed by atoms with Gasteiger partial charge in [0.05, 0.1) is 13.2 Å². The smallest absolute Gasteiger partial charge is 0.257 e. The second-order valence-electron chi connectivity index (χ2n) is 8.79. The lowest BCUT2D eigenvalue weighted by molar-refractivity contribution is 0.0946. The van der Waals surface area contributed by atoms with Crippen LogP contribution < -0.4 is 20.5 Å². The van der Waals surface area contributed by atoms with Crippen LogP contribution in [-0.4, -0.2) is 38.7 Å². The summed E-state index contributed by atoms with van der Waals surface area (Å²) < 4.78 is 27.7. The van der Waals surface area contributed by atoms with Gasteiger partial charge in [-0.05, 0) is 68.5 Å². The molecule has 5 rings (SSSR count). The van der Waals surface area contributed by atoms with E-state index in [1.807, 2.05) is 19.1 Å². The molecule has 3 N–H and O–H groups in total. The average molecular weight is 491 g/mol. The Labute approximate surface area is 207 Å². The van der Waals surface area contributed by atoms with Crippen LogP contribution in [0.2, 0.25) is 0 Å². The zero-order valence-corrected chi connectivity index (χ0v) is 20.1. The molecule has 0 spiro atoms. The third-order valence-corrected chi connectivity index (χ3v) is 6.38. The van der Waals surface area contributed by atoms with Crippen molar-refractivity contribution in [3.8, 4) is 22.8 Å². The summed E-state index contributed by atoms with van der Waals surface area (Å²) in [6.07, 6.45) is 5.91. The van der Waals surface area contributed by atoms with Crippen LogP contribution in [0.25, 0.3) is 16.8 Å². The van der Waals surface area contributed by atoms with Crippen LogP contribution in [0, 0.1) is 12.7 Å². The molecule has 4 aromatic rings. The molecule has 186 valence electrons. The SMILES string of the molecule is COc1nc(C)c(-c2ccn3nc(N)nc3c2)cc1C(=O)NCc1c(F)cccc1OC1CCCC1. The first kappa shape index (κ1) is 23.5. The van der Waals surface area contributed by atoms with Gasteiger partial charge in [-0.2, -0.15) is 4.98 Å². The van der Waals surface area contributed by atoms with Gasteiger partial charge in [-0.15, -0.1) is 5.10 Å². The van der Waals surface area contributed by atoms with Gasteiger partial charge in [0.15, 0.2) is 5.65 Å². The van der Waals surface area contributed by atoms with E-state index in [4.69, 9.17) is 15.2 Å². The van der Waals surface area contributed by atoms with E-state index in [1.165, 1.54) is 13.2 Å². The third kappa shape index (κ3) is 4.66. The molecule has 3 aromatic heterocycles. The quantitative estimate of drug-likeness (QED) is 0.401. The zero-order chi connectivity index (χ0) is 25.2. The Morgan fingerprint density at radius 3 is 2.81 bits per heavy atom. The predicted molar refractivity (Wildman–Crippen MR) is 132 cm³/mol. The maximum atomic E-state index is 14.7. The van der Waals surface area contributed by atoms with Gasteiger partial charge in [0, 0.05) is 29.6 Å². The molecule has 1 fully saturated rings. The minimum absolute atomic E-state index is 0.0368. The Kier molecular flexibility index (Phi) is 6.41. The van der Waals surface area contributed by atoms with E-state index in [1.54, 1.807) is 28.9 Å². The number of nitrogens with two attached hydrogens (primary N) is 1. The fourth-order valence-corrected chi connectivity index (χ4v) is 4.53. The lowest BCUT2D eigenvalue weighted by Crippen LogP contribution is -2.25. The number of benzene rings is 1. The average Bonchev–Trinajstić information content (AvgIpc) is 3.51. The number of anilines is 1. The first-order valence-electron chi connectivity index (χ1n) is 11.8. The molecule has 1 aliphatic carbocycles. The van der Waals surface area contributed by atoms with E-state index in [0.717, 1.165) is 36.8 Å². The summed E-state index contributed by atoms with van der Waals surface area (Å²) in [6.45, 7) is 1.79. The minimum Gasteiger partial charge on any atom is -0.490 e. The van der Waals surface area contributed by atoms with E-state index in [0.29, 0.717) is 22.7 Å². The Morgan fingerprint density at radius 1 is 1.22 bits per heavy atom. The van der Waals surface area contributed by atoms with Gasteiger partial charge in [-0.1, -0.05) is 6.07 Å². The predicted octanol–water partition coefficient (Wildman–Crippen LogP) is 4.08. The summed E-state index contributed by atoms with van der Waals surface area (Å²) in [6, 6.07) is 10.1. The zero-order valence-electron chi connectivity index (χ0n) is 20.1. The highest BCUT2D eigenvalue weighted by atomic mass is 19.1. The molecule has 0 atom stereocenters.